The summed E-state index contributed by atoms with van der Waals surface area (Å²) < 4.78 is 1.04. The molecule has 6 nitrogen and oxygen atoms in total. The SMILES string of the molecule is O[n+]1ccc(C2Nc3ccccc3-c3cnnc4[nH]cc2c34)cc1. The molecular formula is C18H14N5O+. The van der Waals surface area contributed by atoms with Gasteiger partial charge in [0.05, 0.1) is 12.2 Å². The molecule has 0 amide bonds. The summed E-state index contributed by atoms with van der Waals surface area (Å²) in [5.74, 6) is 0. The Bertz CT molecular complexity index is 1050. The summed E-state index contributed by atoms with van der Waals surface area (Å²) in [6, 6.07) is 12.0. The van der Waals surface area contributed by atoms with Crippen LogP contribution in [0.25, 0.3) is 22.2 Å². The minimum absolute atomic E-state index is 0.0495. The van der Waals surface area contributed by atoms with Crippen LogP contribution >= 0.6 is 0 Å². The molecule has 1 atom stereocenters. The van der Waals surface area contributed by atoms with E-state index in [1.807, 2.05) is 36.7 Å². The molecule has 0 saturated heterocycles. The van der Waals surface area contributed by atoms with Gasteiger partial charge < -0.3 is 10.3 Å². The topological polar surface area (TPSA) is 77.7 Å². The Kier molecular flexibility index (Phi) is 2.61. The third-order valence-electron chi connectivity index (χ3n) is 4.50. The molecule has 0 fully saturated rings. The highest BCUT2D eigenvalue weighted by atomic mass is 16.5. The van der Waals surface area contributed by atoms with E-state index in [9.17, 15) is 5.21 Å². The summed E-state index contributed by atoms with van der Waals surface area (Å²) in [6.07, 6.45) is 7.05. The molecule has 1 unspecified atom stereocenters. The molecule has 4 heterocycles. The van der Waals surface area contributed by atoms with E-state index in [1.54, 1.807) is 12.4 Å². The minimum atomic E-state index is -0.0495. The molecule has 0 spiro atoms. The highest BCUT2D eigenvalue weighted by molar-refractivity contribution is 6.00. The Morgan fingerprint density at radius 2 is 1.88 bits per heavy atom. The Morgan fingerprint density at radius 1 is 1.04 bits per heavy atom. The third kappa shape index (κ3) is 1.80. The summed E-state index contributed by atoms with van der Waals surface area (Å²) in [4.78, 5) is 3.22. The molecule has 0 saturated carbocycles. The van der Waals surface area contributed by atoms with Crippen LogP contribution in [0.15, 0.2) is 61.2 Å². The third-order valence-corrected chi connectivity index (χ3v) is 4.50. The van der Waals surface area contributed by atoms with Crippen LogP contribution in [0.1, 0.15) is 17.2 Å². The lowest BCUT2D eigenvalue weighted by Crippen LogP contribution is -2.28. The largest absolute Gasteiger partial charge is 0.374 e. The van der Waals surface area contributed by atoms with Gasteiger partial charge in [-0.1, -0.05) is 18.2 Å². The van der Waals surface area contributed by atoms with Crippen molar-refractivity contribution >= 4 is 16.7 Å². The summed E-state index contributed by atoms with van der Waals surface area (Å²) >= 11 is 0. The van der Waals surface area contributed by atoms with Gasteiger partial charge in [0.1, 0.15) is 0 Å². The van der Waals surface area contributed by atoms with Crippen LogP contribution in [0, 0.1) is 0 Å². The molecule has 1 aromatic carbocycles. The first kappa shape index (κ1) is 13.1. The van der Waals surface area contributed by atoms with E-state index in [1.165, 1.54) is 0 Å². The van der Waals surface area contributed by atoms with Gasteiger partial charge in [0, 0.05) is 50.8 Å². The van der Waals surface area contributed by atoms with Gasteiger partial charge in [-0.3, -0.25) is 5.21 Å². The molecule has 4 aromatic rings. The predicted octanol–water partition coefficient (Wildman–Crippen LogP) is 2.66. The number of hydrogen-bond donors (Lipinski definition) is 3. The van der Waals surface area contributed by atoms with Crippen molar-refractivity contribution in [3.8, 4) is 11.1 Å². The smallest absolute Gasteiger partial charge is 0.222 e. The number of para-hydroxylation sites is 1. The van der Waals surface area contributed by atoms with Crippen molar-refractivity contribution in [2.45, 2.75) is 6.04 Å². The maximum Gasteiger partial charge on any atom is 0.222 e. The molecule has 3 N–H and O–H groups in total. The van der Waals surface area contributed by atoms with Crippen LogP contribution in [0.2, 0.25) is 0 Å². The molecule has 116 valence electrons. The van der Waals surface area contributed by atoms with E-state index in [2.05, 4.69) is 32.6 Å². The molecule has 5 rings (SSSR count). The number of rotatable bonds is 1. The number of aromatic amines is 1. The fourth-order valence-corrected chi connectivity index (χ4v) is 3.39. The highest BCUT2D eigenvalue weighted by Gasteiger charge is 2.26. The number of anilines is 1. The first-order chi connectivity index (χ1) is 11.8. The number of aromatic nitrogens is 4. The first-order valence-electron chi connectivity index (χ1n) is 7.70. The Morgan fingerprint density at radius 3 is 2.75 bits per heavy atom. The number of benzene rings is 1. The van der Waals surface area contributed by atoms with Crippen LogP contribution in [0.5, 0.6) is 0 Å². The fourth-order valence-electron chi connectivity index (χ4n) is 3.39. The first-order valence-corrected chi connectivity index (χ1v) is 7.70. The molecule has 3 aromatic heterocycles. The number of nitrogens with one attached hydrogen (secondary N) is 2. The van der Waals surface area contributed by atoms with Gasteiger partial charge in [-0.25, -0.2) is 0 Å². The highest BCUT2D eigenvalue weighted by Crippen LogP contribution is 2.42. The quantitative estimate of drug-likeness (QED) is 0.373. The van der Waals surface area contributed by atoms with E-state index < -0.39 is 0 Å². The zero-order valence-electron chi connectivity index (χ0n) is 12.6. The van der Waals surface area contributed by atoms with E-state index >= 15 is 0 Å². The maximum atomic E-state index is 9.51. The Hall–Kier alpha value is -3.41. The predicted molar refractivity (Wildman–Crippen MR) is 88.6 cm³/mol. The van der Waals surface area contributed by atoms with Crippen molar-refractivity contribution in [3.63, 3.8) is 0 Å². The van der Waals surface area contributed by atoms with Crippen LogP contribution in [0.4, 0.5) is 5.69 Å². The van der Waals surface area contributed by atoms with Crippen molar-refractivity contribution in [1.29, 1.82) is 0 Å². The Balaban J connectivity index is 1.83. The van der Waals surface area contributed by atoms with Crippen LogP contribution in [-0.4, -0.2) is 20.4 Å². The van der Waals surface area contributed by atoms with E-state index in [0.29, 0.717) is 0 Å². The maximum absolute atomic E-state index is 9.51. The zero-order valence-corrected chi connectivity index (χ0v) is 12.6. The molecule has 0 radical (unpaired) electrons. The molecular weight excluding hydrogens is 302 g/mol. The van der Waals surface area contributed by atoms with Crippen molar-refractivity contribution in [2.75, 3.05) is 5.32 Å². The average Bonchev–Trinajstić information content (AvgIpc) is 2.98. The van der Waals surface area contributed by atoms with Gasteiger partial charge in [-0.15, -0.1) is 5.10 Å². The summed E-state index contributed by atoms with van der Waals surface area (Å²) in [6.45, 7) is 0. The van der Waals surface area contributed by atoms with Gasteiger partial charge in [0.2, 0.25) is 12.4 Å². The number of hydrogen-bond acceptors (Lipinski definition) is 4. The number of nitrogens with zero attached hydrogens (tertiary/aromatic N) is 3. The number of fused-ring (bicyclic) bond motifs is 2. The van der Waals surface area contributed by atoms with E-state index in [0.717, 1.165) is 43.7 Å². The van der Waals surface area contributed by atoms with Crippen LogP contribution in [-0.2, 0) is 0 Å². The lowest BCUT2D eigenvalue weighted by Gasteiger charge is -2.18. The lowest BCUT2D eigenvalue weighted by molar-refractivity contribution is -0.904. The van der Waals surface area contributed by atoms with Gasteiger partial charge in [-0.2, -0.15) is 5.10 Å². The molecule has 0 aliphatic carbocycles. The van der Waals surface area contributed by atoms with Crippen molar-refractivity contribution in [3.05, 3.63) is 72.3 Å². The summed E-state index contributed by atoms with van der Waals surface area (Å²) in [7, 11) is 0. The average molecular weight is 316 g/mol. The second kappa shape index (κ2) is 4.79. The van der Waals surface area contributed by atoms with Crippen LogP contribution < -0.4 is 10.0 Å². The van der Waals surface area contributed by atoms with E-state index in [4.69, 9.17) is 0 Å². The van der Waals surface area contributed by atoms with E-state index in [-0.39, 0.29) is 6.04 Å². The Labute approximate surface area is 137 Å². The standard InChI is InChI=1S/C18H14N5O/c24-23-7-5-11(6-8-23)17-14-9-19-18-16(14)13(10-20-22-18)12-3-1-2-4-15(12)21-17/h1-10,17,21,24H,(H,19,22)/q+1. The number of H-pyrrole nitrogens is 1. The second-order valence-corrected chi connectivity index (χ2v) is 5.86. The van der Waals surface area contributed by atoms with Crippen molar-refractivity contribution in [1.82, 2.24) is 15.2 Å². The van der Waals surface area contributed by atoms with Gasteiger partial charge in [0.15, 0.2) is 5.65 Å². The molecule has 6 heteroatoms. The molecule has 1 aliphatic heterocycles. The van der Waals surface area contributed by atoms with Crippen LogP contribution in [0.3, 0.4) is 0 Å². The van der Waals surface area contributed by atoms with Crippen molar-refractivity contribution in [2.24, 2.45) is 0 Å². The summed E-state index contributed by atoms with van der Waals surface area (Å²) in [5.41, 5.74) is 6.17. The lowest BCUT2D eigenvalue weighted by atomic mass is 9.98. The minimum Gasteiger partial charge on any atom is -0.374 e. The second-order valence-electron chi connectivity index (χ2n) is 5.86. The normalized spacial score (nSPS) is 15.6. The molecule has 24 heavy (non-hydrogen) atoms. The molecule has 1 aliphatic rings. The zero-order chi connectivity index (χ0) is 16.1. The summed E-state index contributed by atoms with van der Waals surface area (Å²) in [5, 5.41) is 22.6. The fraction of sp³-hybridized carbons (Fsp3) is 0.0556. The monoisotopic (exact) mass is 316 g/mol. The van der Waals surface area contributed by atoms with Gasteiger partial charge in [-0.05, 0) is 11.6 Å². The number of pyridine rings is 1. The van der Waals surface area contributed by atoms with Gasteiger partial charge in [0.25, 0.3) is 0 Å². The van der Waals surface area contributed by atoms with Gasteiger partial charge >= 0.3 is 0 Å². The van der Waals surface area contributed by atoms with Crippen molar-refractivity contribution < 1.29 is 9.94 Å². The molecule has 0 bridgehead atoms.